The van der Waals surface area contributed by atoms with E-state index >= 15 is 0 Å². The van der Waals surface area contributed by atoms with E-state index < -0.39 is 0 Å². The first-order valence-electron chi connectivity index (χ1n) is 11.2. The Balaban J connectivity index is 1.66. The van der Waals surface area contributed by atoms with Gasteiger partial charge in [0.2, 0.25) is 11.5 Å². The number of rotatable bonds is 6. The molecule has 0 aromatic heterocycles. The molecule has 176 valence electrons. The normalized spacial score (nSPS) is 21.6. The Morgan fingerprint density at radius 2 is 1.70 bits per heavy atom. The zero-order valence-corrected chi connectivity index (χ0v) is 19.8. The summed E-state index contributed by atoms with van der Waals surface area (Å²) < 4.78 is 22.2. The van der Waals surface area contributed by atoms with Crippen molar-refractivity contribution in [3.63, 3.8) is 0 Å². The van der Waals surface area contributed by atoms with Gasteiger partial charge >= 0.3 is 0 Å². The molecule has 2 aliphatic heterocycles. The van der Waals surface area contributed by atoms with Gasteiger partial charge in [-0.15, -0.1) is 0 Å². The number of carbonyl (C=O) groups excluding carboxylic acids is 1. The molecule has 2 aromatic carbocycles. The molecule has 33 heavy (non-hydrogen) atoms. The SMILES string of the molecule is COc1cc(/C=C2\Oc3c(ccc(O)c3CN3C[C@H](C)C[C@H](C)C3)C2=O)cc(OC)c1OC. The average Bonchev–Trinajstić information content (AvgIpc) is 3.09. The van der Waals surface area contributed by atoms with Crippen LogP contribution in [-0.4, -0.2) is 50.2 Å². The number of benzene rings is 2. The highest BCUT2D eigenvalue weighted by molar-refractivity contribution is 6.15. The third-order valence-corrected chi connectivity index (χ3v) is 6.23. The number of methoxy groups -OCH3 is 3. The topological polar surface area (TPSA) is 77.5 Å². The van der Waals surface area contributed by atoms with Crippen molar-refractivity contribution in [2.24, 2.45) is 11.8 Å². The van der Waals surface area contributed by atoms with E-state index in [0.29, 0.717) is 58.1 Å². The molecule has 0 saturated carbocycles. The summed E-state index contributed by atoms with van der Waals surface area (Å²) in [5.41, 5.74) is 1.78. The highest BCUT2D eigenvalue weighted by Crippen LogP contribution is 2.42. The van der Waals surface area contributed by atoms with Gasteiger partial charge < -0.3 is 24.1 Å². The maximum absolute atomic E-state index is 13.1. The van der Waals surface area contributed by atoms with Crippen LogP contribution in [0.15, 0.2) is 30.0 Å². The molecule has 0 unspecified atom stereocenters. The van der Waals surface area contributed by atoms with E-state index in [1.807, 2.05) is 0 Å². The molecule has 4 rings (SSSR count). The number of likely N-dealkylation sites (tertiary alicyclic amines) is 1. The Hall–Kier alpha value is -3.19. The third kappa shape index (κ3) is 4.50. The fourth-order valence-electron chi connectivity index (χ4n) is 4.93. The van der Waals surface area contributed by atoms with Crippen LogP contribution in [-0.2, 0) is 6.54 Å². The standard InChI is InChI=1S/C26H31NO6/c1-15-8-16(2)13-27(12-15)14-19-20(28)7-6-18-24(29)21(33-25(18)19)9-17-10-22(30-3)26(32-5)23(11-17)31-4/h6-7,9-11,15-16,28H,8,12-14H2,1-5H3/b21-9-/t15-,16+. The second-order valence-corrected chi connectivity index (χ2v) is 8.98. The molecule has 1 fully saturated rings. The number of ketones is 1. The van der Waals surface area contributed by atoms with Gasteiger partial charge in [-0.3, -0.25) is 9.69 Å². The third-order valence-electron chi connectivity index (χ3n) is 6.23. The number of fused-ring (bicyclic) bond motifs is 1. The Kier molecular flexibility index (Phi) is 6.51. The van der Waals surface area contributed by atoms with Crippen LogP contribution >= 0.6 is 0 Å². The minimum Gasteiger partial charge on any atom is -0.507 e. The van der Waals surface area contributed by atoms with Crippen molar-refractivity contribution in [2.45, 2.75) is 26.8 Å². The van der Waals surface area contributed by atoms with Crippen molar-refractivity contribution in [2.75, 3.05) is 34.4 Å². The summed E-state index contributed by atoms with van der Waals surface area (Å²) in [6.07, 6.45) is 2.85. The summed E-state index contributed by atoms with van der Waals surface area (Å²) >= 11 is 0. The molecule has 0 spiro atoms. The molecule has 2 aromatic rings. The average molecular weight is 454 g/mol. The van der Waals surface area contributed by atoms with E-state index in [1.165, 1.54) is 13.5 Å². The molecule has 2 atom stereocenters. The largest absolute Gasteiger partial charge is 0.507 e. The number of piperidine rings is 1. The van der Waals surface area contributed by atoms with Crippen LogP contribution in [0, 0.1) is 11.8 Å². The van der Waals surface area contributed by atoms with Crippen molar-refractivity contribution < 1.29 is 28.8 Å². The van der Waals surface area contributed by atoms with Crippen molar-refractivity contribution >= 4 is 11.9 Å². The lowest BCUT2D eigenvalue weighted by Gasteiger charge is -2.35. The highest BCUT2D eigenvalue weighted by Gasteiger charge is 2.33. The number of phenolic OH excluding ortho intramolecular Hbond substituents is 1. The van der Waals surface area contributed by atoms with Gasteiger partial charge in [0.05, 0.1) is 32.5 Å². The fraction of sp³-hybridized carbons (Fsp3) is 0.423. The van der Waals surface area contributed by atoms with Crippen LogP contribution in [0.3, 0.4) is 0 Å². The first-order chi connectivity index (χ1) is 15.8. The van der Waals surface area contributed by atoms with Gasteiger partial charge in [0, 0.05) is 19.6 Å². The molecule has 7 nitrogen and oxygen atoms in total. The van der Waals surface area contributed by atoms with Gasteiger partial charge in [0.1, 0.15) is 11.5 Å². The van der Waals surface area contributed by atoms with E-state index in [2.05, 4.69) is 18.7 Å². The van der Waals surface area contributed by atoms with Gasteiger partial charge in [0.15, 0.2) is 17.3 Å². The Morgan fingerprint density at radius 3 is 2.27 bits per heavy atom. The van der Waals surface area contributed by atoms with Crippen LogP contribution in [0.4, 0.5) is 0 Å². The lowest BCUT2D eigenvalue weighted by molar-refractivity contribution is 0.101. The second-order valence-electron chi connectivity index (χ2n) is 8.98. The summed E-state index contributed by atoms with van der Waals surface area (Å²) in [6.45, 7) is 6.94. The van der Waals surface area contributed by atoms with E-state index in [4.69, 9.17) is 18.9 Å². The number of hydrogen-bond donors (Lipinski definition) is 1. The minimum atomic E-state index is -0.222. The summed E-state index contributed by atoms with van der Waals surface area (Å²) in [4.78, 5) is 15.4. The maximum Gasteiger partial charge on any atom is 0.231 e. The summed E-state index contributed by atoms with van der Waals surface area (Å²) in [7, 11) is 4.62. The van der Waals surface area contributed by atoms with Crippen molar-refractivity contribution in [3.05, 3.63) is 46.7 Å². The van der Waals surface area contributed by atoms with Gasteiger partial charge in [-0.25, -0.2) is 0 Å². The fourth-order valence-corrected chi connectivity index (χ4v) is 4.93. The monoisotopic (exact) mass is 453 g/mol. The molecule has 1 saturated heterocycles. The van der Waals surface area contributed by atoms with Gasteiger partial charge in [-0.05, 0) is 54.2 Å². The molecular formula is C26H31NO6. The first kappa shape index (κ1) is 23.0. The lowest BCUT2D eigenvalue weighted by atomic mass is 9.91. The van der Waals surface area contributed by atoms with Gasteiger partial charge in [-0.2, -0.15) is 0 Å². The summed E-state index contributed by atoms with van der Waals surface area (Å²) in [5, 5.41) is 10.6. The molecular weight excluding hydrogens is 422 g/mol. The molecule has 7 heteroatoms. The van der Waals surface area contributed by atoms with Gasteiger partial charge in [-0.1, -0.05) is 13.8 Å². The second kappa shape index (κ2) is 9.35. The Labute approximate surface area is 194 Å². The van der Waals surface area contributed by atoms with Gasteiger partial charge in [0.25, 0.3) is 0 Å². The summed E-state index contributed by atoms with van der Waals surface area (Å²) in [5.74, 6) is 3.16. The first-order valence-corrected chi connectivity index (χ1v) is 11.2. The van der Waals surface area contributed by atoms with Crippen LogP contribution in [0.1, 0.15) is 41.8 Å². The quantitative estimate of drug-likeness (QED) is 0.645. The number of nitrogens with zero attached hydrogens (tertiary/aromatic N) is 1. The number of aromatic hydroxyl groups is 1. The molecule has 0 aliphatic carbocycles. The zero-order chi connectivity index (χ0) is 23.7. The van der Waals surface area contributed by atoms with E-state index in [-0.39, 0.29) is 17.3 Å². The van der Waals surface area contributed by atoms with E-state index in [9.17, 15) is 9.90 Å². The highest BCUT2D eigenvalue weighted by atomic mass is 16.5. The molecule has 2 aliphatic rings. The lowest BCUT2D eigenvalue weighted by Crippen LogP contribution is -2.38. The van der Waals surface area contributed by atoms with Crippen molar-refractivity contribution in [1.29, 1.82) is 0 Å². The van der Waals surface area contributed by atoms with Crippen LogP contribution in [0.2, 0.25) is 0 Å². The van der Waals surface area contributed by atoms with Crippen LogP contribution in [0.5, 0.6) is 28.7 Å². The summed E-state index contributed by atoms with van der Waals surface area (Å²) in [6, 6.07) is 6.70. The number of hydrogen-bond acceptors (Lipinski definition) is 7. The number of carbonyl (C=O) groups is 1. The van der Waals surface area contributed by atoms with Crippen LogP contribution in [0.25, 0.3) is 6.08 Å². The van der Waals surface area contributed by atoms with E-state index in [0.717, 1.165) is 13.1 Å². The van der Waals surface area contributed by atoms with Crippen molar-refractivity contribution in [1.82, 2.24) is 4.90 Å². The Bertz CT molecular complexity index is 1060. The molecule has 0 bridgehead atoms. The number of Topliss-reactive ketones (excluding diaryl/α,β-unsaturated/α-hetero) is 1. The maximum atomic E-state index is 13.1. The molecule has 0 amide bonds. The predicted molar refractivity (Wildman–Crippen MR) is 125 cm³/mol. The smallest absolute Gasteiger partial charge is 0.231 e. The molecule has 2 heterocycles. The number of allylic oxidation sites excluding steroid dienone is 1. The molecule has 0 radical (unpaired) electrons. The number of phenols is 1. The predicted octanol–water partition coefficient (Wildman–Crippen LogP) is 4.51. The number of ether oxygens (including phenoxy) is 4. The van der Waals surface area contributed by atoms with Crippen molar-refractivity contribution in [3.8, 4) is 28.7 Å². The van der Waals surface area contributed by atoms with E-state index in [1.54, 1.807) is 44.6 Å². The zero-order valence-electron chi connectivity index (χ0n) is 19.8. The van der Waals surface area contributed by atoms with Crippen LogP contribution < -0.4 is 18.9 Å². The molecule has 1 N–H and O–H groups in total. The Morgan fingerprint density at radius 1 is 1.06 bits per heavy atom. The minimum absolute atomic E-state index is 0.140.